The van der Waals surface area contributed by atoms with Gasteiger partial charge in [-0.15, -0.1) is 10.2 Å². The maximum absolute atomic E-state index is 13.5. The van der Waals surface area contributed by atoms with Crippen LogP contribution in [0.1, 0.15) is 10.6 Å². The summed E-state index contributed by atoms with van der Waals surface area (Å²) in [6.07, 6.45) is -2.63. The van der Waals surface area contributed by atoms with E-state index in [9.17, 15) is 26.4 Å². The van der Waals surface area contributed by atoms with E-state index in [1.54, 1.807) is 6.07 Å². The first-order valence-electron chi connectivity index (χ1n) is 9.36. The van der Waals surface area contributed by atoms with Crippen LogP contribution in [-0.2, 0) is 25.5 Å². The van der Waals surface area contributed by atoms with Gasteiger partial charge in [0.15, 0.2) is 14.8 Å². The van der Waals surface area contributed by atoms with Gasteiger partial charge in [0, 0.05) is 11.8 Å². The summed E-state index contributed by atoms with van der Waals surface area (Å²) in [4.78, 5) is 11.8. The average molecular weight is 511 g/mol. The van der Waals surface area contributed by atoms with E-state index in [0.717, 1.165) is 36.8 Å². The molecule has 0 saturated carbocycles. The molecule has 0 aliphatic carbocycles. The number of alkyl halides is 3. The maximum Gasteiger partial charge on any atom is 0.418 e. The average Bonchev–Trinajstić information content (AvgIpc) is 3.27. The molecule has 0 amide bonds. The number of benzene rings is 2. The Morgan fingerprint density at radius 3 is 2.50 bits per heavy atom. The van der Waals surface area contributed by atoms with Gasteiger partial charge >= 0.3 is 12.1 Å². The van der Waals surface area contributed by atoms with Gasteiger partial charge in [-0.1, -0.05) is 35.6 Å². The number of hydrogen-bond acceptors (Lipinski definition) is 9. The van der Waals surface area contributed by atoms with E-state index >= 15 is 0 Å². The van der Waals surface area contributed by atoms with Gasteiger partial charge < -0.3 is 10.1 Å². The zero-order valence-electron chi connectivity index (χ0n) is 17.7. The first-order chi connectivity index (χ1) is 15.9. The number of carbonyl (C=O) groups is 1. The first kappa shape index (κ1) is 25.1. The third-order valence-corrected chi connectivity index (χ3v) is 6.48. The molecule has 3 rings (SSSR count). The number of halogens is 3. The van der Waals surface area contributed by atoms with Crippen molar-refractivity contribution in [3.8, 4) is 10.6 Å². The van der Waals surface area contributed by atoms with E-state index < -0.39 is 33.3 Å². The van der Waals surface area contributed by atoms with E-state index in [0.29, 0.717) is 5.56 Å². The summed E-state index contributed by atoms with van der Waals surface area (Å²) in [5.74, 6) is -1.01. The molecule has 0 bridgehead atoms. The molecule has 0 saturated heterocycles. The number of nitrogens with one attached hydrogen (secondary N) is 2. The lowest BCUT2D eigenvalue weighted by molar-refractivity contribution is -0.137. The zero-order valence-corrected chi connectivity index (χ0v) is 19.3. The summed E-state index contributed by atoms with van der Waals surface area (Å²) in [5.41, 5.74) is -1.60. The van der Waals surface area contributed by atoms with Crippen LogP contribution in [0.25, 0.3) is 16.3 Å². The molecule has 2 N–H and O–H groups in total. The van der Waals surface area contributed by atoms with Gasteiger partial charge in [-0.05, 0) is 30.3 Å². The predicted octanol–water partition coefficient (Wildman–Crippen LogP) is 4.27. The number of para-hydroxylation sites is 1. The topological polar surface area (TPSA) is 122 Å². The molecule has 178 valence electrons. The fourth-order valence-electron chi connectivity index (χ4n) is 2.76. The molecular formula is C21H17F3N4O4S2. The molecular weight excluding hydrogens is 493 g/mol. The van der Waals surface area contributed by atoms with Crippen molar-refractivity contribution in [1.29, 1.82) is 5.41 Å². The number of ether oxygens (including phenoxy) is 1. The quantitative estimate of drug-likeness (QED) is 0.359. The minimum atomic E-state index is -4.66. The summed E-state index contributed by atoms with van der Waals surface area (Å²) in [7, 11) is -2.42. The largest absolute Gasteiger partial charge is 0.464 e. The molecule has 0 unspecified atom stereocenters. The van der Waals surface area contributed by atoms with Crippen LogP contribution >= 0.6 is 11.3 Å². The summed E-state index contributed by atoms with van der Waals surface area (Å²) in [6.45, 7) is 0. The number of carbonyl (C=O) groups excluding carboxylic acids is 1. The van der Waals surface area contributed by atoms with Gasteiger partial charge in [-0.3, -0.25) is 5.41 Å². The van der Waals surface area contributed by atoms with Gasteiger partial charge in [0.2, 0.25) is 0 Å². The van der Waals surface area contributed by atoms with Crippen molar-refractivity contribution in [1.82, 2.24) is 10.2 Å². The predicted molar refractivity (Wildman–Crippen MR) is 121 cm³/mol. The Hall–Kier alpha value is -3.58. The van der Waals surface area contributed by atoms with Crippen molar-refractivity contribution in [3.63, 3.8) is 0 Å². The van der Waals surface area contributed by atoms with Crippen LogP contribution < -0.4 is 5.32 Å². The highest BCUT2D eigenvalue weighted by molar-refractivity contribution is 7.90. The number of aromatic nitrogens is 2. The first-order valence-corrected chi connectivity index (χ1v) is 12.1. The van der Waals surface area contributed by atoms with E-state index in [1.165, 1.54) is 36.4 Å². The third-order valence-electron chi connectivity index (χ3n) is 4.36. The highest BCUT2D eigenvalue weighted by Crippen LogP contribution is 2.37. The molecule has 8 nitrogen and oxygen atoms in total. The number of esters is 1. The number of methoxy groups -OCH3 is 1. The molecule has 0 atom stereocenters. The monoisotopic (exact) mass is 510 g/mol. The van der Waals surface area contributed by atoms with Crippen LogP contribution in [0, 0.1) is 5.41 Å². The van der Waals surface area contributed by atoms with E-state index in [1.807, 2.05) is 0 Å². The standard InChI is InChI=1S/C21H17F3N4O4S2/c1-32-20(29)15(25)11-17(26-16-9-4-3-8-14(16)21(22,23)24)19-28-27-18(33-19)12-6-5-7-13(10-12)34(2,30)31/h3-11,25-26H,1-2H3/b17-11-,25-15?. The molecule has 2 aromatic carbocycles. The Balaban J connectivity index is 2.07. The van der Waals surface area contributed by atoms with Crippen LogP contribution in [0.5, 0.6) is 0 Å². The lowest BCUT2D eigenvalue weighted by Crippen LogP contribution is -2.15. The second kappa shape index (κ2) is 9.73. The third kappa shape index (κ3) is 5.85. The van der Waals surface area contributed by atoms with Crippen LogP contribution in [-0.4, -0.2) is 43.7 Å². The SMILES string of the molecule is COC(=O)C(=N)/C=C(\Nc1ccccc1C(F)(F)F)c1nnc(-c2cccc(S(C)(=O)=O)c2)s1. The Kier molecular flexibility index (Phi) is 7.17. The number of anilines is 1. The van der Waals surface area contributed by atoms with Crippen molar-refractivity contribution < 1.29 is 31.1 Å². The van der Waals surface area contributed by atoms with E-state index in [-0.39, 0.29) is 26.3 Å². The van der Waals surface area contributed by atoms with Crippen LogP contribution in [0.2, 0.25) is 0 Å². The minimum Gasteiger partial charge on any atom is -0.464 e. The van der Waals surface area contributed by atoms with Crippen molar-refractivity contribution in [2.24, 2.45) is 0 Å². The number of hydrogen-bond donors (Lipinski definition) is 2. The van der Waals surface area contributed by atoms with Crippen LogP contribution in [0.3, 0.4) is 0 Å². The second-order valence-corrected chi connectivity index (χ2v) is 9.84. The highest BCUT2D eigenvalue weighted by Gasteiger charge is 2.33. The molecule has 3 aromatic rings. The van der Waals surface area contributed by atoms with Crippen molar-refractivity contribution in [2.45, 2.75) is 11.1 Å². The van der Waals surface area contributed by atoms with Gasteiger partial charge in [-0.2, -0.15) is 13.2 Å². The fourth-order valence-corrected chi connectivity index (χ4v) is 4.24. The summed E-state index contributed by atoms with van der Waals surface area (Å²) in [5, 5.41) is 18.8. The minimum absolute atomic E-state index is 0.0576. The maximum atomic E-state index is 13.5. The summed E-state index contributed by atoms with van der Waals surface area (Å²) in [6, 6.07) is 10.6. The lowest BCUT2D eigenvalue weighted by Gasteiger charge is -2.15. The Labute approximate surface area is 196 Å². The molecule has 13 heteroatoms. The van der Waals surface area contributed by atoms with E-state index in [4.69, 9.17) is 5.41 Å². The number of nitrogens with zero attached hydrogens (tertiary/aromatic N) is 2. The molecule has 0 fully saturated rings. The normalized spacial score (nSPS) is 12.3. The smallest absolute Gasteiger partial charge is 0.418 e. The molecule has 34 heavy (non-hydrogen) atoms. The van der Waals surface area contributed by atoms with Gasteiger partial charge in [0.05, 0.1) is 29.0 Å². The molecule has 1 aromatic heterocycles. The molecule has 0 radical (unpaired) electrons. The van der Waals surface area contributed by atoms with E-state index in [2.05, 4.69) is 20.3 Å². The van der Waals surface area contributed by atoms with Gasteiger partial charge in [0.1, 0.15) is 10.7 Å². The zero-order chi connectivity index (χ0) is 25.1. The summed E-state index contributed by atoms with van der Waals surface area (Å²) >= 11 is 0.929. The molecule has 1 heterocycles. The molecule has 0 aliphatic heterocycles. The second-order valence-electron chi connectivity index (χ2n) is 6.84. The van der Waals surface area contributed by atoms with Crippen molar-refractivity contribution in [2.75, 3.05) is 18.7 Å². The molecule has 0 aliphatic rings. The van der Waals surface area contributed by atoms with Crippen LogP contribution in [0.4, 0.5) is 18.9 Å². The van der Waals surface area contributed by atoms with Crippen molar-refractivity contribution >= 4 is 44.2 Å². The Morgan fingerprint density at radius 2 is 1.85 bits per heavy atom. The van der Waals surface area contributed by atoms with Crippen LogP contribution in [0.15, 0.2) is 59.5 Å². The van der Waals surface area contributed by atoms with Gasteiger partial charge in [0.25, 0.3) is 0 Å². The molecule has 0 spiro atoms. The summed E-state index contributed by atoms with van der Waals surface area (Å²) < 4.78 is 68.6. The lowest BCUT2D eigenvalue weighted by atomic mass is 10.1. The number of rotatable bonds is 7. The van der Waals surface area contributed by atoms with Gasteiger partial charge in [-0.25, -0.2) is 13.2 Å². The van der Waals surface area contributed by atoms with Crippen molar-refractivity contribution in [3.05, 3.63) is 65.2 Å². The fraction of sp³-hybridized carbons (Fsp3) is 0.143. The Morgan fingerprint density at radius 1 is 1.15 bits per heavy atom. The number of sulfone groups is 1. The highest BCUT2D eigenvalue weighted by atomic mass is 32.2. The Bertz CT molecular complexity index is 1380.